The molecular weight excluding hydrogens is 750 g/mol. The SMILES string of the molecule is Cc1cccc(C)c1NC(=O)CCl.Cc1cccc(C)c1NC(=O)COc1cccc2cccnc12.O=CO[O-].Oc1cccc2cccnc12.[H-].[K+].[K+]. The Morgan fingerprint density at radius 3 is 1.60 bits per heavy atom. The van der Waals surface area contributed by atoms with E-state index in [4.69, 9.17) is 26.4 Å². The van der Waals surface area contributed by atoms with Gasteiger partial charge in [0, 0.05) is 34.5 Å². The Balaban J connectivity index is 0.000000775. The Morgan fingerprint density at radius 1 is 0.717 bits per heavy atom. The van der Waals surface area contributed by atoms with E-state index in [1.165, 1.54) is 0 Å². The minimum atomic E-state index is -0.185. The fourth-order valence-corrected chi connectivity index (χ4v) is 4.86. The van der Waals surface area contributed by atoms with E-state index in [1.54, 1.807) is 24.5 Å². The van der Waals surface area contributed by atoms with Crippen LogP contribution in [0.25, 0.3) is 21.8 Å². The van der Waals surface area contributed by atoms with Crippen LogP contribution in [-0.4, -0.2) is 45.8 Å². The van der Waals surface area contributed by atoms with Gasteiger partial charge in [0.05, 0.1) is 0 Å². The molecule has 0 bridgehead atoms. The van der Waals surface area contributed by atoms with Crippen molar-refractivity contribution in [2.75, 3.05) is 23.1 Å². The monoisotopic (exact) mass is 788 g/mol. The summed E-state index contributed by atoms with van der Waals surface area (Å²) in [4.78, 5) is 42.8. The van der Waals surface area contributed by atoms with Crippen LogP contribution < -0.4 is 123 Å². The van der Waals surface area contributed by atoms with Crippen molar-refractivity contribution in [3.05, 3.63) is 132 Å². The minimum Gasteiger partial charge on any atom is -1.00 e. The van der Waals surface area contributed by atoms with Crippen LogP contribution >= 0.6 is 11.6 Å². The molecule has 0 aliphatic carbocycles. The maximum Gasteiger partial charge on any atom is 1.00 e. The Kier molecular flexibility index (Phi) is 23.8. The first kappa shape index (κ1) is 48.3. The number of rotatable bonds is 7. The van der Waals surface area contributed by atoms with Gasteiger partial charge in [-0.1, -0.05) is 72.8 Å². The van der Waals surface area contributed by atoms with E-state index in [2.05, 4.69) is 25.5 Å². The Bertz CT molecular complexity index is 2040. The number of aromatic nitrogens is 2. The number of fused-ring (bicyclic) bond motifs is 2. The van der Waals surface area contributed by atoms with E-state index in [9.17, 15) is 14.7 Å². The van der Waals surface area contributed by atoms with Crippen LogP contribution in [0.5, 0.6) is 11.5 Å². The first-order chi connectivity index (χ1) is 24.6. The van der Waals surface area contributed by atoms with Gasteiger partial charge in [-0.25, -0.2) is 0 Å². The smallest absolute Gasteiger partial charge is 1.00 e. The summed E-state index contributed by atoms with van der Waals surface area (Å²) in [5, 5.41) is 25.4. The molecule has 53 heavy (non-hydrogen) atoms. The second kappa shape index (κ2) is 26.1. The molecule has 11 nitrogen and oxygen atoms in total. The van der Waals surface area contributed by atoms with Crippen LogP contribution in [0.4, 0.5) is 11.4 Å². The number of nitrogens with one attached hydrogen (secondary N) is 2. The van der Waals surface area contributed by atoms with Crippen LogP contribution in [0.2, 0.25) is 0 Å². The molecule has 0 unspecified atom stereocenters. The van der Waals surface area contributed by atoms with Gasteiger partial charge in [-0.3, -0.25) is 24.4 Å². The van der Waals surface area contributed by atoms with Crippen molar-refractivity contribution < 1.29 is 139 Å². The molecule has 14 heteroatoms. The van der Waals surface area contributed by atoms with Gasteiger partial charge < -0.3 is 32.0 Å². The van der Waals surface area contributed by atoms with E-state index in [0.717, 1.165) is 49.9 Å². The van der Waals surface area contributed by atoms with Gasteiger partial charge in [0.15, 0.2) is 6.61 Å². The zero-order chi connectivity index (χ0) is 37.2. The Morgan fingerprint density at radius 2 is 1.13 bits per heavy atom. The number of para-hydroxylation sites is 4. The fraction of sp³-hybridized carbons (Fsp3) is 0.154. The average molecular weight is 789 g/mol. The number of alkyl halides is 1. The number of amides is 2. The Labute approximate surface area is 400 Å². The summed E-state index contributed by atoms with van der Waals surface area (Å²) in [5.74, 6) is 0.491. The van der Waals surface area contributed by atoms with Crippen LogP contribution in [0.15, 0.2) is 109 Å². The maximum atomic E-state index is 12.2. The van der Waals surface area contributed by atoms with Crippen molar-refractivity contribution in [1.82, 2.24) is 9.97 Å². The van der Waals surface area contributed by atoms with Crippen molar-refractivity contribution in [3.8, 4) is 11.5 Å². The van der Waals surface area contributed by atoms with E-state index in [0.29, 0.717) is 11.3 Å². The third-order valence-corrected chi connectivity index (χ3v) is 7.46. The molecule has 2 amide bonds. The van der Waals surface area contributed by atoms with Gasteiger partial charge in [0.25, 0.3) is 12.4 Å². The summed E-state index contributed by atoms with van der Waals surface area (Å²) in [5.41, 5.74) is 7.31. The van der Waals surface area contributed by atoms with Crippen molar-refractivity contribution in [2.24, 2.45) is 0 Å². The molecule has 4 aromatic carbocycles. The maximum absolute atomic E-state index is 12.2. The van der Waals surface area contributed by atoms with E-state index in [1.807, 2.05) is 113 Å². The first-order valence-electron chi connectivity index (χ1n) is 15.6. The molecule has 3 N–H and O–H groups in total. The largest absolute Gasteiger partial charge is 1.00 e. The van der Waals surface area contributed by atoms with Crippen molar-refractivity contribution >= 4 is 63.1 Å². The van der Waals surface area contributed by atoms with E-state index in [-0.39, 0.29) is 141 Å². The van der Waals surface area contributed by atoms with Crippen LogP contribution in [0.3, 0.4) is 0 Å². The van der Waals surface area contributed by atoms with Gasteiger partial charge in [-0.05, 0) is 74.2 Å². The summed E-state index contributed by atoms with van der Waals surface area (Å²) >= 11 is 5.39. The third-order valence-electron chi connectivity index (χ3n) is 7.22. The summed E-state index contributed by atoms with van der Waals surface area (Å²) in [6, 6.07) is 30.4. The zero-order valence-corrected chi connectivity index (χ0v) is 37.6. The number of hydrogen-bond acceptors (Lipinski definition) is 9. The second-order valence-corrected chi connectivity index (χ2v) is 11.2. The van der Waals surface area contributed by atoms with E-state index < -0.39 is 0 Å². The quantitative estimate of drug-likeness (QED) is 0.0701. The van der Waals surface area contributed by atoms with Crippen molar-refractivity contribution in [3.63, 3.8) is 0 Å². The molecular formula is C39H39ClK2N4O7. The van der Waals surface area contributed by atoms with Crippen molar-refractivity contribution in [1.29, 1.82) is 0 Å². The topological polar surface area (TPSA) is 163 Å². The molecule has 2 aromatic heterocycles. The zero-order valence-electron chi connectivity index (χ0n) is 31.6. The normalized spacial score (nSPS) is 9.47. The van der Waals surface area contributed by atoms with Gasteiger partial charge >= 0.3 is 103 Å². The van der Waals surface area contributed by atoms with Crippen LogP contribution in [0, 0.1) is 27.7 Å². The number of aromatic hydroxyl groups is 1. The van der Waals surface area contributed by atoms with E-state index >= 15 is 0 Å². The molecule has 6 aromatic rings. The molecule has 0 radical (unpaired) electrons. The average Bonchev–Trinajstić information content (AvgIpc) is 3.14. The molecule has 0 fully saturated rings. The predicted octanol–water partition coefficient (Wildman–Crippen LogP) is 0.845. The molecule has 6 rings (SSSR count). The number of halogens is 1. The van der Waals surface area contributed by atoms with Gasteiger partial charge in [-0.2, -0.15) is 0 Å². The second-order valence-electron chi connectivity index (χ2n) is 10.9. The van der Waals surface area contributed by atoms with Crippen LogP contribution in [-0.2, 0) is 19.3 Å². The fourth-order valence-electron chi connectivity index (χ4n) is 4.80. The summed E-state index contributed by atoms with van der Waals surface area (Å²) in [6.45, 7) is 7.62. The number of pyridine rings is 2. The number of hydrogen-bond donors (Lipinski definition) is 3. The molecule has 0 saturated heterocycles. The molecule has 0 atom stereocenters. The summed E-state index contributed by atoms with van der Waals surface area (Å²) < 4.78 is 5.66. The number of benzene rings is 4. The number of phenolic OH excluding ortho intramolecular Hbond substituents is 1. The molecule has 2 heterocycles. The first-order valence-corrected chi connectivity index (χ1v) is 16.1. The number of carbonyl (C=O) groups excluding carboxylic acids is 3. The third kappa shape index (κ3) is 15.9. The molecule has 0 aliphatic heterocycles. The standard InChI is InChI=1S/C19H18N2O2.C10H12ClNO.C9H7NO.CH2O3.2K.H/c1-13-6-3-7-14(2)18(13)21-17(22)12-23-16-10-4-8-15-9-5-11-20-19(15)16;1-7-4-3-5-8(2)10(7)12-9(13)6-11;11-8-5-1-3-7-4-2-6-10-9(7)8;2-1-4-3;;;/h3-11H,12H2,1-2H3,(H,21,22);3-5H,6H2,1-2H3,(H,12,13);1-6,11H;1,3H;;;/q;;;;2*+1;-1/p-1. The molecule has 0 aliphatic rings. The number of carbonyl (C=O) groups is 3. The molecule has 266 valence electrons. The van der Waals surface area contributed by atoms with Crippen LogP contribution in [0.1, 0.15) is 23.7 Å². The van der Waals surface area contributed by atoms with Gasteiger partial charge in [0.2, 0.25) is 5.91 Å². The summed E-state index contributed by atoms with van der Waals surface area (Å²) in [6.07, 6.45) is 3.38. The number of aryl methyl sites for hydroxylation is 4. The Hall–Kier alpha value is -2.77. The number of nitrogens with zero attached hydrogens (tertiary/aromatic N) is 2. The molecule has 0 spiro atoms. The number of anilines is 2. The number of ether oxygens (including phenoxy) is 1. The number of phenols is 1. The van der Waals surface area contributed by atoms with Gasteiger partial charge in [0.1, 0.15) is 28.4 Å². The predicted molar refractivity (Wildman–Crippen MR) is 199 cm³/mol. The van der Waals surface area contributed by atoms with Crippen molar-refractivity contribution in [2.45, 2.75) is 27.7 Å². The minimum absolute atomic E-state index is 0. The molecule has 0 saturated carbocycles. The summed E-state index contributed by atoms with van der Waals surface area (Å²) in [7, 11) is 0. The van der Waals surface area contributed by atoms with Gasteiger partial charge in [-0.15, -0.1) is 11.6 Å².